The normalized spacial score (nSPS) is 14.9. The molecule has 0 saturated carbocycles. The minimum atomic E-state index is -0.0912. The molecule has 0 N–H and O–H groups in total. The average molecular weight is 343 g/mol. The second-order valence-electron chi connectivity index (χ2n) is 6.78. The van der Waals surface area contributed by atoms with Crippen LogP contribution in [0, 0.1) is 6.92 Å². The molecule has 1 aliphatic heterocycles. The highest BCUT2D eigenvalue weighted by Crippen LogP contribution is 2.39. The highest BCUT2D eigenvalue weighted by Gasteiger charge is 2.53. The molecule has 0 amide bonds. The molecule has 2 aromatic rings. The summed E-state index contributed by atoms with van der Waals surface area (Å²) in [5.74, 6) is 1.17. The van der Waals surface area contributed by atoms with E-state index < -0.39 is 0 Å². The van der Waals surface area contributed by atoms with E-state index in [-0.39, 0.29) is 17.8 Å². The topological polar surface area (TPSA) is 9.26 Å². The summed E-state index contributed by atoms with van der Waals surface area (Å²) >= 11 is 0. The lowest BCUT2D eigenvalue weighted by Gasteiger charge is -2.18. The maximum Gasteiger partial charge on any atom is 0.456 e. The van der Waals surface area contributed by atoms with E-state index >= 15 is 0 Å². The van der Waals surface area contributed by atoms with E-state index in [4.69, 9.17) is 0 Å². The molecular formula is C20H25ClN3+. The SMILES string of the molecule is C=[N+](C1=[N+](C)c2ccccc2C1(C)C)N(C)c1ccc(C)cc1.[Cl-]. The fraction of sp³-hybridized carbons (Fsp3) is 0.300. The monoisotopic (exact) mass is 342 g/mol. The quantitative estimate of drug-likeness (QED) is 0.444. The smallest absolute Gasteiger partial charge is 0.456 e. The Labute approximate surface area is 150 Å². The van der Waals surface area contributed by atoms with Crippen molar-refractivity contribution in [3.8, 4) is 0 Å². The molecule has 4 heteroatoms. The van der Waals surface area contributed by atoms with Crippen LogP contribution in [-0.2, 0) is 5.41 Å². The van der Waals surface area contributed by atoms with Crippen LogP contribution in [0.15, 0.2) is 48.5 Å². The second-order valence-corrected chi connectivity index (χ2v) is 6.78. The first kappa shape index (κ1) is 18.2. The van der Waals surface area contributed by atoms with Crippen LogP contribution in [0.5, 0.6) is 0 Å². The van der Waals surface area contributed by atoms with Gasteiger partial charge in [-0.05, 0) is 37.6 Å². The maximum atomic E-state index is 4.33. The molecular weight excluding hydrogens is 318 g/mol. The molecule has 126 valence electrons. The highest BCUT2D eigenvalue weighted by atomic mass is 35.5. The van der Waals surface area contributed by atoms with E-state index in [1.54, 1.807) is 0 Å². The standard InChI is InChI=1S/C20H25N3.ClH/c1-15-11-13-16(14-12-15)22(5)23(6)19-20(2,3)17-9-7-8-10-18(17)21(19)4;/h7-14H,6H2,1-5H3;1H/q+2;/p-1. The Hall–Kier alpha value is -2.13. The Bertz CT molecular complexity index is 804. The molecule has 3 nitrogen and oxygen atoms in total. The number of halogens is 1. The van der Waals surface area contributed by atoms with Gasteiger partial charge >= 0.3 is 5.84 Å². The van der Waals surface area contributed by atoms with Gasteiger partial charge in [0.25, 0.3) is 0 Å². The van der Waals surface area contributed by atoms with Crippen molar-refractivity contribution in [1.29, 1.82) is 0 Å². The van der Waals surface area contributed by atoms with Gasteiger partial charge in [-0.1, -0.05) is 35.9 Å². The predicted octanol–water partition coefficient (Wildman–Crippen LogP) is 0.727. The fourth-order valence-electron chi connectivity index (χ4n) is 3.49. The highest BCUT2D eigenvalue weighted by molar-refractivity contribution is 5.88. The molecule has 0 saturated heterocycles. The number of hydrazone groups is 1. The van der Waals surface area contributed by atoms with Gasteiger partial charge in [0.05, 0.1) is 12.7 Å². The number of hydrazine groups is 1. The Balaban J connectivity index is 0.00000208. The van der Waals surface area contributed by atoms with Crippen molar-refractivity contribution in [2.45, 2.75) is 26.2 Å². The molecule has 0 radical (unpaired) electrons. The third-order valence-electron chi connectivity index (χ3n) is 4.83. The first-order valence-corrected chi connectivity index (χ1v) is 7.95. The van der Waals surface area contributed by atoms with Crippen LogP contribution >= 0.6 is 0 Å². The van der Waals surface area contributed by atoms with E-state index in [0.717, 1.165) is 5.69 Å². The number of nitrogens with zero attached hydrogens (tertiary/aromatic N) is 3. The molecule has 0 aromatic heterocycles. The average Bonchev–Trinajstić information content (AvgIpc) is 2.74. The molecule has 0 unspecified atom stereocenters. The van der Waals surface area contributed by atoms with Crippen LogP contribution in [-0.4, -0.2) is 35.9 Å². The largest absolute Gasteiger partial charge is 1.00 e. The summed E-state index contributed by atoms with van der Waals surface area (Å²) in [5, 5.41) is 2.10. The van der Waals surface area contributed by atoms with Crippen molar-refractivity contribution in [3.05, 3.63) is 59.7 Å². The number of fused-ring (bicyclic) bond motifs is 1. The summed E-state index contributed by atoms with van der Waals surface area (Å²) in [6.45, 7) is 10.9. The van der Waals surface area contributed by atoms with Gasteiger partial charge in [-0.2, -0.15) is 0 Å². The second kappa shape index (κ2) is 6.40. The first-order chi connectivity index (χ1) is 10.8. The third kappa shape index (κ3) is 2.73. The van der Waals surface area contributed by atoms with E-state index in [9.17, 15) is 0 Å². The van der Waals surface area contributed by atoms with Crippen LogP contribution in [0.4, 0.5) is 11.4 Å². The number of amidine groups is 1. The molecule has 1 heterocycles. The molecule has 0 fully saturated rings. The lowest BCUT2D eigenvalue weighted by molar-refractivity contribution is -0.515. The Morgan fingerprint density at radius 2 is 1.62 bits per heavy atom. The lowest BCUT2D eigenvalue weighted by Crippen LogP contribution is -3.00. The van der Waals surface area contributed by atoms with Crippen LogP contribution in [0.3, 0.4) is 0 Å². The zero-order valence-corrected chi connectivity index (χ0v) is 15.8. The Morgan fingerprint density at radius 3 is 2.21 bits per heavy atom. The molecule has 0 atom stereocenters. The third-order valence-corrected chi connectivity index (χ3v) is 4.83. The number of aryl methyl sites for hydroxylation is 1. The van der Waals surface area contributed by atoms with E-state index in [0.29, 0.717) is 0 Å². The molecule has 0 spiro atoms. The van der Waals surface area contributed by atoms with Gasteiger partial charge in [-0.15, -0.1) is 9.58 Å². The number of hydrogen-bond acceptors (Lipinski definition) is 1. The minimum absolute atomic E-state index is 0. The van der Waals surface area contributed by atoms with Crippen LogP contribution in [0.25, 0.3) is 0 Å². The van der Waals surface area contributed by atoms with Gasteiger partial charge in [-0.25, -0.2) is 0 Å². The number of benzene rings is 2. The molecule has 0 aliphatic carbocycles. The Morgan fingerprint density at radius 1 is 1.04 bits per heavy atom. The molecule has 1 aliphatic rings. The van der Waals surface area contributed by atoms with Crippen molar-refractivity contribution in [1.82, 2.24) is 0 Å². The van der Waals surface area contributed by atoms with Crippen LogP contribution in [0.1, 0.15) is 25.0 Å². The molecule has 0 bridgehead atoms. The minimum Gasteiger partial charge on any atom is -1.00 e. The number of anilines is 1. The molecule has 24 heavy (non-hydrogen) atoms. The van der Waals surface area contributed by atoms with E-state index in [1.165, 1.54) is 22.6 Å². The maximum absolute atomic E-state index is 4.33. The summed E-state index contributed by atoms with van der Waals surface area (Å²) in [6.07, 6.45) is 0. The van der Waals surface area contributed by atoms with Crippen molar-refractivity contribution in [2.75, 3.05) is 19.1 Å². The summed E-state index contributed by atoms with van der Waals surface area (Å²) in [6, 6.07) is 17.1. The van der Waals surface area contributed by atoms with Gasteiger partial charge in [0.2, 0.25) is 5.69 Å². The van der Waals surface area contributed by atoms with Crippen LogP contribution in [0.2, 0.25) is 0 Å². The summed E-state index contributed by atoms with van der Waals surface area (Å²) < 4.78 is 4.25. The van der Waals surface area contributed by atoms with Gasteiger partial charge < -0.3 is 12.4 Å². The van der Waals surface area contributed by atoms with E-state index in [2.05, 4.69) is 99.7 Å². The van der Waals surface area contributed by atoms with Crippen molar-refractivity contribution < 1.29 is 21.7 Å². The molecule has 2 aromatic carbocycles. The van der Waals surface area contributed by atoms with Gasteiger partial charge in [0.1, 0.15) is 12.5 Å². The summed E-state index contributed by atoms with van der Waals surface area (Å²) in [5.41, 5.74) is 4.88. The van der Waals surface area contributed by atoms with Crippen molar-refractivity contribution in [3.63, 3.8) is 0 Å². The summed E-state index contributed by atoms with van der Waals surface area (Å²) in [4.78, 5) is 0. The fourth-order valence-corrected chi connectivity index (χ4v) is 3.49. The first-order valence-electron chi connectivity index (χ1n) is 7.95. The lowest BCUT2D eigenvalue weighted by atomic mass is 9.85. The van der Waals surface area contributed by atoms with Crippen LogP contribution < -0.4 is 17.4 Å². The van der Waals surface area contributed by atoms with E-state index in [1.807, 2.05) is 4.68 Å². The number of hydrogen-bond donors (Lipinski definition) is 0. The van der Waals surface area contributed by atoms with Crippen molar-refractivity contribution >= 4 is 23.9 Å². The number of para-hydroxylation sites is 1. The number of rotatable bonds is 2. The predicted molar refractivity (Wildman–Crippen MR) is 97.3 cm³/mol. The van der Waals surface area contributed by atoms with Gasteiger partial charge in [0, 0.05) is 11.6 Å². The van der Waals surface area contributed by atoms with Gasteiger partial charge in [-0.3, -0.25) is 0 Å². The van der Waals surface area contributed by atoms with Crippen molar-refractivity contribution in [2.24, 2.45) is 0 Å². The molecule has 3 rings (SSSR count). The zero-order chi connectivity index (χ0) is 16.8. The van der Waals surface area contributed by atoms with Gasteiger partial charge in [0.15, 0.2) is 6.72 Å². The Kier molecular flexibility index (Phi) is 4.86. The zero-order valence-electron chi connectivity index (χ0n) is 15.0. The summed E-state index contributed by atoms with van der Waals surface area (Å²) in [7, 11) is 4.17.